The molecule has 1 fully saturated rings. The van der Waals surface area contributed by atoms with Gasteiger partial charge in [-0.25, -0.2) is 15.0 Å². The zero-order chi connectivity index (χ0) is 15.8. The molecule has 0 radical (unpaired) electrons. The summed E-state index contributed by atoms with van der Waals surface area (Å²) >= 11 is 1.73. The summed E-state index contributed by atoms with van der Waals surface area (Å²) in [6.45, 7) is 7.31. The highest BCUT2D eigenvalue weighted by atomic mass is 32.1. The predicted octanol–water partition coefficient (Wildman–Crippen LogP) is 1.81. The molecule has 1 aliphatic heterocycles. The quantitative estimate of drug-likeness (QED) is 0.729. The third kappa shape index (κ3) is 2.68. The molecule has 0 aromatic carbocycles. The largest absolute Gasteiger partial charge is 0.373 e. The lowest BCUT2D eigenvalue weighted by molar-refractivity contribution is 0.0272. The molecule has 0 bridgehead atoms. The molecule has 1 atom stereocenters. The van der Waals surface area contributed by atoms with Crippen LogP contribution in [0.5, 0.6) is 0 Å². The number of hydrogen-bond donors (Lipinski definition) is 0. The van der Waals surface area contributed by atoms with Gasteiger partial charge in [0, 0.05) is 18.0 Å². The second kappa shape index (κ2) is 5.86. The van der Waals surface area contributed by atoms with Crippen LogP contribution in [-0.2, 0) is 11.3 Å². The first-order chi connectivity index (χ1) is 11.2. The highest BCUT2D eigenvalue weighted by Gasteiger charge is 2.25. The number of morpholine rings is 1. The van der Waals surface area contributed by atoms with E-state index in [4.69, 9.17) is 4.74 Å². The Morgan fingerprint density at radius 2 is 2.22 bits per heavy atom. The van der Waals surface area contributed by atoms with Gasteiger partial charge in [0.05, 0.1) is 24.6 Å². The predicted molar refractivity (Wildman–Crippen MR) is 88.9 cm³/mol. The number of rotatable bonds is 3. The fourth-order valence-electron chi connectivity index (χ4n) is 2.96. The minimum atomic E-state index is 0.0792. The van der Waals surface area contributed by atoms with Gasteiger partial charge >= 0.3 is 0 Å². The SMILES string of the molecule is Cc1sc2ncnc(N3CCO[C@@H](Cn4cncn4)C3)c2c1C. The van der Waals surface area contributed by atoms with E-state index >= 15 is 0 Å². The number of nitrogens with zero attached hydrogens (tertiary/aromatic N) is 6. The molecule has 8 heteroatoms. The Labute approximate surface area is 137 Å². The maximum atomic E-state index is 5.88. The molecule has 23 heavy (non-hydrogen) atoms. The second-order valence-corrected chi connectivity index (χ2v) is 6.92. The van der Waals surface area contributed by atoms with Crippen molar-refractivity contribution in [3.63, 3.8) is 0 Å². The molecule has 120 valence electrons. The lowest BCUT2D eigenvalue weighted by atomic mass is 10.2. The normalized spacial score (nSPS) is 18.7. The third-order valence-electron chi connectivity index (χ3n) is 4.24. The van der Waals surface area contributed by atoms with Crippen LogP contribution in [0.4, 0.5) is 5.82 Å². The molecule has 4 heterocycles. The third-order valence-corrected chi connectivity index (χ3v) is 5.36. The molecular formula is C15H18N6OS. The number of hydrogen-bond acceptors (Lipinski definition) is 7. The van der Waals surface area contributed by atoms with E-state index in [-0.39, 0.29) is 6.10 Å². The van der Waals surface area contributed by atoms with E-state index in [1.165, 1.54) is 15.8 Å². The average molecular weight is 330 g/mol. The van der Waals surface area contributed by atoms with Crippen LogP contribution < -0.4 is 4.90 Å². The lowest BCUT2D eigenvalue weighted by Crippen LogP contribution is -2.44. The van der Waals surface area contributed by atoms with Crippen molar-refractivity contribution >= 4 is 27.4 Å². The van der Waals surface area contributed by atoms with E-state index < -0.39 is 0 Å². The summed E-state index contributed by atoms with van der Waals surface area (Å²) in [5.74, 6) is 1.02. The van der Waals surface area contributed by atoms with Crippen molar-refractivity contribution in [2.75, 3.05) is 24.6 Å². The molecule has 3 aromatic rings. The van der Waals surface area contributed by atoms with Crippen LogP contribution in [0.1, 0.15) is 10.4 Å². The fourth-order valence-corrected chi connectivity index (χ4v) is 3.95. The molecule has 0 spiro atoms. The van der Waals surface area contributed by atoms with Crippen LogP contribution in [-0.4, -0.2) is 50.5 Å². The van der Waals surface area contributed by atoms with Crippen LogP contribution >= 0.6 is 11.3 Å². The number of aryl methyl sites for hydroxylation is 2. The summed E-state index contributed by atoms with van der Waals surface area (Å²) < 4.78 is 7.69. The Kier molecular flexibility index (Phi) is 3.70. The van der Waals surface area contributed by atoms with Crippen molar-refractivity contribution < 1.29 is 4.74 Å². The first-order valence-electron chi connectivity index (χ1n) is 7.62. The first kappa shape index (κ1) is 14.5. The zero-order valence-corrected chi connectivity index (χ0v) is 14.0. The van der Waals surface area contributed by atoms with Crippen molar-refractivity contribution in [3.05, 3.63) is 29.4 Å². The molecule has 0 N–H and O–H groups in total. The molecule has 0 unspecified atom stereocenters. The van der Waals surface area contributed by atoms with Gasteiger partial charge in [-0.2, -0.15) is 5.10 Å². The van der Waals surface area contributed by atoms with Gasteiger partial charge in [0.1, 0.15) is 29.6 Å². The standard InChI is InChI=1S/C15H18N6OS/c1-10-11(2)23-15-13(10)14(17-8-18-15)20-3-4-22-12(5-20)6-21-9-16-7-19-21/h7-9,12H,3-6H2,1-2H3/t12-/m1/s1. The Morgan fingerprint density at radius 3 is 3.04 bits per heavy atom. The zero-order valence-electron chi connectivity index (χ0n) is 13.1. The topological polar surface area (TPSA) is 69.0 Å². The summed E-state index contributed by atoms with van der Waals surface area (Å²) in [4.78, 5) is 17.6. The summed E-state index contributed by atoms with van der Waals surface area (Å²) in [6, 6.07) is 0. The van der Waals surface area contributed by atoms with Gasteiger partial charge in [-0.1, -0.05) is 0 Å². The molecule has 1 aliphatic rings. The van der Waals surface area contributed by atoms with E-state index in [0.29, 0.717) is 13.2 Å². The highest BCUT2D eigenvalue weighted by Crippen LogP contribution is 2.34. The summed E-state index contributed by atoms with van der Waals surface area (Å²) in [6.07, 6.45) is 5.01. The maximum absolute atomic E-state index is 5.88. The number of thiophene rings is 1. The van der Waals surface area contributed by atoms with Crippen LogP contribution in [0.15, 0.2) is 19.0 Å². The minimum absolute atomic E-state index is 0.0792. The summed E-state index contributed by atoms with van der Waals surface area (Å²) in [5.41, 5.74) is 1.28. The number of anilines is 1. The van der Waals surface area contributed by atoms with Gasteiger partial charge in [-0.15, -0.1) is 11.3 Å². The number of aromatic nitrogens is 5. The first-order valence-corrected chi connectivity index (χ1v) is 8.43. The van der Waals surface area contributed by atoms with Crippen LogP contribution in [0.3, 0.4) is 0 Å². The second-order valence-electron chi connectivity index (χ2n) is 5.72. The Hall–Kier alpha value is -2.06. The van der Waals surface area contributed by atoms with Crippen molar-refractivity contribution in [3.8, 4) is 0 Å². The Morgan fingerprint density at radius 1 is 1.30 bits per heavy atom. The molecule has 0 amide bonds. The van der Waals surface area contributed by atoms with Gasteiger partial charge in [0.15, 0.2) is 0 Å². The van der Waals surface area contributed by atoms with Crippen LogP contribution in [0.2, 0.25) is 0 Å². The molecule has 4 rings (SSSR count). The minimum Gasteiger partial charge on any atom is -0.373 e. The van der Waals surface area contributed by atoms with Gasteiger partial charge in [-0.05, 0) is 19.4 Å². The van der Waals surface area contributed by atoms with Gasteiger partial charge < -0.3 is 9.64 Å². The Balaban J connectivity index is 1.62. The number of ether oxygens (including phenoxy) is 1. The Bertz CT molecular complexity index is 815. The molecule has 0 aliphatic carbocycles. The van der Waals surface area contributed by atoms with Gasteiger partial charge in [0.25, 0.3) is 0 Å². The maximum Gasteiger partial charge on any atom is 0.141 e. The van der Waals surface area contributed by atoms with Crippen molar-refractivity contribution in [2.45, 2.75) is 26.5 Å². The van der Waals surface area contributed by atoms with E-state index in [0.717, 1.165) is 23.7 Å². The lowest BCUT2D eigenvalue weighted by Gasteiger charge is -2.34. The van der Waals surface area contributed by atoms with E-state index in [1.807, 2.05) is 4.68 Å². The van der Waals surface area contributed by atoms with E-state index in [1.54, 1.807) is 30.3 Å². The average Bonchev–Trinajstić information content (AvgIpc) is 3.16. The van der Waals surface area contributed by atoms with Crippen LogP contribution in [0, 0.1) is 13.8 Å². The molecule has 0 saturated carbocycles. The number of fused-ring (bicyclic) bond motifs is 1. The summed E-state index contributed by atoms with van der Waals surface area (Å²) in [5, 5.41) is 5.34. The van der Waals surface area contributed by atoms with Crippen molar-refractivity contribution in [1.29, 1.82) is 0 Å². The van der Waals surface area contributed by atoms with E-state index in [2.05, 4.69) is 38.8 Å². The van der Waals surface area contributed by atoms with E-state index in [9.17, 15) is 0 Å². The molecular weight excluding hydrogens is 312 g/mol. The van der Waals surface area contributed by atoms with Gasteiger partial charge in [-0.3, -0.25) is 4.68 Å². The van der Waals surface area contributed by atoms with Crippen molar-refractivity contribution in [1.82, 2.24) is 24.7 Å². The monoisotopic (exact) mass is 330 g/mol. The molecule has 3 aromatic heterocycles. The molecule has 7 nitrogen and oxygen atoms in total. The highest BCUT2D eigenvalue weighted by molar-refractivity contribution is 7.18. The smallest absolute Gasteiger partial charge is 0.141 e. The molecule has 1 saturated heterocycles. The summed E-state index contributed by atoms with van der Waals surface area (Å²) in [7, 11) is 0. The van der Waals surface area contributed by atoms with Gasteiger partial charge in [0.2, 0.25) is 0 Å². The van der Waals surface area contributed by atoms with Crippen LogP contribution in [0.25, 0.3) is 10.2 Å². The fraction of sp³-hybridized carbons (Fsp3) is 0.467. The van der Waals surface area contributed by atoms with Crippen molar-refractivity contribution in [2.24, 2.45) is 0 Å².